The Morgan fingerprint density at radius 1 is 1.06 bits per heavy atom. The van der Waals surface area contributed by atoms with Crippen molar-refractivity contribution in [3.63, 3.8) is 0 Å². The Bertz CT molecular complexity index is 1030. The lowest BCUT2D eigenvalue weighted by Crippen LogP contribution is -2.41. The van der Waals surface area contributed by atoms with Crippen molar-refractivity contribution >= 4 is 33.4 Å². The fraction of sp³-hybridized carbons (Fsp3) is 0.480. The van der Waals surface area contributed by atoms with Crippen LogP contribution in [-0.4, -0.2) is 45.5 Å². The van der Waals surface area contributed by atoms with Gasteiger partial charge in [-0.1, -0.05) is 43.0 Å². The molecule has 0 spiro atoms. The Morgan fingerprint density at radius 2 is 1.73 bits per heavy atom. The smallest absolute Gasteiger partial charge is 0.264 e. The van der Waals surface area contributed by atoms with Gasteiger partial charge in [-0.15, -0.1) is 0 Å². The van der Waals surface area contributed by atoms with E-state index in [0.717, 1.165) is 21.2 Å². The van der Waals surface area contributed by atoms with Gasteiger partial charge in [-0.3, -0.25) is 9.10 Å². The maximum absolute atomic E-state index is 13.6. The second-order valence-corrected chi connectivity index (χ2v) is 11.8. The molecule has 0 unspecified atom stereocenters. The molecule has 1 aliphatic rings. The van der Waals surface area contributed by atoms with Crippen LogP contribution in [0, 0.1) is 13.8 Å². The molecule has 0 aromatic heterocycles. The summed E-state index contributed by atoms with van der Waals surface area (Å²) in [6, 6.07) is 11.9. The summed E-state index contributed by atoms with van der Waals surface area (Å²) in [5.41, 5.74) is 2.19. The first-order valence-electron chi connectivity index (χ1n) is 11.4. The number of methoxy groups -OCH3 is 1. The molecular weight excluding hydrogens is 456 g/mol. The van der Waals surface area contributed by atoms with Crippen molar-refractivity contribution in [2.24, 2.45) is 0 Å². The summed E-state index contributed by atoms with van der Waals surface area (Å²) in [7, 11) is -2.48. The highest BCUT2D eigenvalue weighted by molar-refractivity contribution is 7.99. The zero-order valence-corrected chi connectivity index (χ0v) is 21.3. The number of anilines is 1. The highest BCUT2D eigenvalue weighted by atomic mass is 32.2. The average Bonchev–Trinajstić information content (AvgIpc) is 2.81. The van der Waals surface area contributed by atoms with Gasteiger partial charge < -0.3 is 10.1 Å². The number of carbonyl (C=O) groups is 1. The number of aryl methyl sites for hydroxylation is 2. The predicted octanol–water partition coefficient (Wildman–Crippen LogP) is 4.69. The minimum Gasteiger partial charge on any atom is -0.495 e. The molecule has 180 valence electrons. The van der Waals surface area contributed by atoms with Crippen LogP contribution in [0.1, 0.15) is 43.2 Å². The van der Waals surface area contributed by atoms with Gasteiger partial charge in [-0.25, -0.2) is 8.42 Å². The Balaban J connectivity index is 1.76. The van der Waals surface area contributed by atoms with Gasteiger partial charge in [-0.2, -0.15) is 11.8 Å². The fourth-order valence-electron chi connectivity index (χ4n) is 3.97. The summed E-state index contributed by atoms with van der Waals surface area (Å²) in [6.45, 7) is 3.98. The Hall–Kier alpha value is -2.19. The summed E-state index contributed by atoms with van der Waals surface area (Å²) in [6.07, 6.45) is 6.38. The zero-order valence-electron chi connectivity index (χ0n) is 19.7. The summed E-state index contributed by atoms with van der Waals surface area (Å²) in [5, 5.41) is 3.57. The van der Waals surface area contributed by atoms with E-state index in [0.29, 0.717) is 23.2 Å². The molecule has 2 aromatic rings. The Morgan fingerprint density at radius 3 is 2.39 bits per heavy atom. The number of nitrogens with one attached hydrogen (secondary N) is 1. The molecule has 6 nitrogen and oxygen atoms in total. The van der Waals surface area contributed by atoms with E-state index in [1.807, 2.05) is 31.7 Å². The van der Waals surface area contributed by atoms with Gasteiger partial charge in [0.25, 0.3) is 10.0 Å². The van der Waals surface area contributed by atoms with E-state index in [4.69, 9.17) is 4.74 Å². The number of benzene rings is 2. The highest BCUT2D eigenvalue weighted by Crippen LogP contribution is 2.33. The van der Waals surface area contributed by atoms with Gasteiger partial charge in [-0.05, 0) is 56.5 Å². The van der Waals surface area contributed by atoms with E-state index >= 15 is 0 Å². The van der Waals surface area contributed by atoms with Crippen LogP contribution in [0.4, 0.5) is 5.69 Å². The molecule has 1 amide bonds. The minimum atomic E-state index is -3.98. The van der Waals surface area contributed by atoms with Crippen LogP contribution in [0.15, 0.2) is 47.4 Å². The topological polar surface area (TPSA) is 75.7 Å². The lowest BCUT2D eigenvalue weighted by Gasteiger charge is -2.26. The molecule has 3 rings (SSSR count). The van der Waals surface area contributed by atoms with Crippen LogP contribution in [-0.2, 0) is 14.8 Å². The van der Waals surface area contributed by atoms with Crippen molar-refractivity contribution in [2.75, 3.05) is 30.3 Å². The third-order valence-corrected chi connectivity index (χ3v) is 8.99. The molecule has 1 fully saturated rings. The minimum absolute atomic E-state index is 0.136. The number of rotatable bonds is 10. The van der Waals surface area contributed by atoms with Gasteiger partial charge in [0.05, 0.1) is 17.7 Å². The molecule has 1 aliphatic carbocycles. The number of carbonyl (C=O) groups excluding carboxylic acids is 1. The van der Waals surface area contributed by atoms with Gasteiger partial charge in [0.2, 0.25) is 5.91 Å². The van der Waals surface area contributed by atoms with E-state index in [1.165, 1.54) is 39.2 Å². The van der Waals surface area contributed by atoms with E-state index < -0.39 is 10.0 Å². The summed E-state index contributed by atoms with van der Waals surface area (Å²) in [4.78, 5) is 13.0. The fourth-order valence-corrected chi connectivity index (χ4v) is 6.61. The van der Waals surface area contributed by atoms with Crippen LogP contribution in [0.5, 0.6) is 5.75 Å². The number of hydrogen-bond acceptors (Lipinski definition) is 5. The van der Waals surface area contributed by atoms with Crippen LogP contribution >= 0.6 is 11.8 Å². The molecule has 33 heavy (non-hydrogen) atoms. The molecule has 0 atom stereocenters. The van der Waals surface area contributed by atoms with Crippen molar-refractivity contribution < 1.29 is 17.9 Å². The van der Waals surface area contributed by atoms with Crippen LogP contribution in [0.2, 0.25) is 0 Å². The second kappa shape index (κ2) is 11.8. The third kappa shape index (κ3) is 6.90. The van der Waals surface area contributed by atoms with E-state index in [2.05, 4.69) is 5.32 Å². The molecule has 0 bridgehead atoms. The lowest BCUT2D eigenvalue weighted by molar-refractivity contribution is -0.119. The molecule has 1 N–H and O–H groups in total. The molecule has 0 radical (unpaired) electrons. The van der Waals surface area contributed by atoms with Crippen molar-refractivity contribution in [3.8, 4) is 5.75 Å². The summed E-state index contributed by atoms with van der Waals surface area (Å²) < 4.78 is 33.7. The van der Waals surface area contributed by atoms with Crippen molar-refractivity contribution in [3.05, 3.63) is 53.6 Å². The first-order valence-corrected chi connectivity index (χ1v) is 13.9. The lowest BCUT2D eigenvalue weighted by atomic mass is 10.0. The Kier molecular flexibility index (Phi) is 9.09. The SMILES string of the molecule is COc1ccc(C)cc1N(CC(=O)NCCSC1CCCCC1)S(=O)(=O)c1ccc(C)cc1. The quantitative estimate of drug-likeness (QED) is 0.489. The van der Waals surface area contributed by atoms with Crippen molar-refractivity contribution in [2.45, 2.75) is 56.1 Å². The molecule has 2 aromatic carbocycles. The van der Waals surface area contributed by atoms with Crippen LogP contribution < -0.4 is 14.4 Å². The largest absolute Gasteiger partial charge is 0.495 e. The number of ether oxygens (including phenoxy) is 1. The van der Waals surface area contributed by atoms with Crippen LogP contribution in [0.3, 0.4) is 0 Å². The molecule has 0 aliphatic heterocycles. The highest BCUT2D eigenvalue weighted by Gasteiger charge is 2.29. The predicted molar refractivity (Wildman–Crippen MR) is 136 cm³/mol. The van der Waals surface area contributed by atoms with Gasteiger partial charge in [0, 0.05) is 17.5 Å². The number of amides is 1. The van der Waals surface area contributed by atoms with Crippen LogP contribution in [0.25, 0.3) is 0 Å². The van der Waals surface area contributed by atoms with Crippen molar-refractivity contribution in [1.29, 1.82) is 0 Å². The average molecular weight is 491 g/mol. The Labute approximate surface area is 202 Å². The van der Waals surface area contributed by atoms with Gasteiger partial charge in [0.1, 0.15) is 12.3 Å². The molecule has 1 saturated carbocycles. The number of thioether (sulfide) groups is 1. The first-order chi connectivity index (χ1) is 15.8. The number of hydrogen-bond donors (Lipinski definition) is 1. The number of sulfonamides is 1. The summed E-state index contributed by atoms with van der Waals surface area (Å²) >= 11 is 1.90. The standard InChI is InChI=1S/C25H34N2O4S2/c1-19-9-12-22(13-10-19)33(29,30)27(23-17-20(2)11-14-24(23)31-3)18-25(28)26-15-16-32-21-7-5-4-6-8-21/h9-14,17,21H,4-8,15-16,18H2,1-3H3,(H,26,28). The first kappa shape index (κ1) is 25.4. The summed E-state index contributed by atoms with van der Waals surface area (Å²) in [5.74, 6) is 0.893. The van der Waals surface area contributed by atoms with Gasteiger partial charge in [0.15, 0.2) is 0 Å². The normalized spacial score (nSPS) is 14.6. The monoisotopic (exact) mass is 490 g/mol. The van der Waals surface area contributed by atoms with E-state index in [1.54, 1.807) is 36.4 Å². The number of nitrogens with zero attached hydrogens (tertiary/aromatic N) is 1. The van der Waals surface area contributed by atoms with Gasteiger partial charge >= 0.3 is 0 Å². The molecule has 0 saturated heterocycles. The zero-order chi connectivity index (χ0) is 23.8. The molecule has 8 heteroatoms. The third-order valence-electron chi connectivity index (χ3n) is 5.83. The van der Waals surface area contributed by atoms with Crippen molar-refractivity contribution in [1.82, 2.24) is 5.32 Å². The van der Waals surface area contributed by atoms with E-state index in [-0.39, 0.29) is 17.3 Å². The second-order valence-electron chi connectivity index (χ2n) is 8.48. The molecule has 0 heterocycles. The van der Waals surface area contributed by atoms with E-state index in [9.17, 15) is 13.2 Å². The maximum Gasteiger partial charge on any atom is 0.264 e. The molecular formula is C25H34N2O4S2. The maximum atomic E-state index is 13.6.